The van der Waals surface area contributed by atoms with Crippen molar-refractivity contribution in [1.82, 2.24) is 19.7 Å². The molecule has 29 heavy (non-hydrogen) atoms. The second-order valence-electron chi connectivity index (χ2n) is 5.67. The van der Waals surface area contributed by atoms with Crippen LogP contribution in [0.25, 0.3) is 11.7 Å². The van der Waals surface area contributed by atoms with Crippen LogP contribution >= 0.6 is 0 Å². The van der Waals surface area contributed by atoms with Crippen LogP contribution in [0.3, 0.4) is 0 Å². The smallest absolute Gasteiger partial charge is 0.322 e. The van der Waals surface area contributed by atoms with Crippen molar-refractivity contribution in [1.29, 1.82) is 0 Å². The van der Waals surface area contributed by atoms with Gasteiger partial charge in [-0.3, -0.25) is 10.1 Å². The van der Waals surface area contributed by atoms with Crippen molar-refractivity contribution in [3.8, 4) is 11.7 Å². The fourth-order valence-corrected chi connectivity index (χ4v) is 3.74. The molecule has 10 nitrogen and oxygen atoms in total. The van der Waals surface area contributed by atoms with Crippen molar-refractivity contribution in [2.24, 2.45) is 0 Å². The van der Waals surface area contributed by atoms with Crippen LogP contribution < -0.4 is 5.32 Å². The summed E-state index contributed by atoms with van der Waals surface area (Å²) in [4.78, 5) is 12.4. The molecular weight excluding hydrogens is 398 g/mol. The lowest BCUT2D eigenvalue weighted by atomic mass is 10.2. The summed E-state index contributed by atoms with van der Waals surface area (Å²) in [5.74, 6) is -0.226. The van der Waals surface area contributed by atoms with E-state index < -0.39 is 15.9 Å². The Hall–Kier alpha value is -3.57. The Morgan fingerprint density at radius 3 is 2.38 bits per heavy atom. The van der Waals surface area contributed by atoms with Crippen LogP contribution in [-0.4, -0.2) is 47.1 Å². The topological polar surface area (TPSA) is 131 Å². The first-order valence-electron chi connectivity index (χ1n) is 8.33. The number of nitrogens with one attached hydrogen (secondary N) is 1. The summed E-state index contributed by atoms with van der Waals surface area (Å²) in [7, 11) is -3.75. The molecule has 1 amide bonds. The van der Waals surface area contributed by atoms with Gasteiger partial charge in [-0.25, -0.2) is 8.42 Å². The number of sulfonamides is 1. The molecule has 0 fully saturated rings. The average Bonchev–Trinajstić information content (AvgIpc) is 3.39. The van der Waals surface area contributed by atoms with Gasteiger partial charge in [-0.1, -0.05) is 22.4 Å². The summed E-state index contributed by atoms with van der Waals surface area (Å²) in [6.07, 6.45) is 4.39. The SMILES string of the molecule is C=CCN(CC=C)S(=O)(=O)c1ccc(C(=O)Nc2nnc(-c3ccno3)o2)cc1. The second-order valence-corrected chi connectivity index (χ2v) is 7.60. The summed E-state index contributed by atoms with van der Waals surface area (Å²) >= 11 is 0. The van der Waals surface area contributed by atoms with Gasteiger partial charge in [-0.2, -0.15) is 4.31 Å². The number of carbonyl (C=O) groups is 1. The number of carbonyl (C=O) groups excluding carboxylic acids is 1. The predicted molar refractivity (Wildman–Crippen MR) is 103 cm³/mol. The van der Waals surface area contributed by atoms with Crippen LogP contribution in [0, 0.1) is 0 Å². The highest BCUT2D eigenvalue weighted by atomic mass is 32.2. The number of nitrogens with zero attached hydrogens (tertiary/aromatic N) is 4. The lowest BCUT2D eigenvalue weighted by molar-refractivity contribution is 0.102. The third kappa shape index (κ3) is 4.47. The molecule has 0 aliphatic rings. The zero-order valence-electron chi connectivity index (χ0n) is 15.2. The third-order valence-corrected chi connectivity index (χ3v) is 5.56. The summed E-state index contributed by atoms with van der Waals surface area (Å²) in [5, 5.41) is 13.4. The van der Waals surface area contributed by atoms with Gasteiger partial charge in [0.1, 0.15) is 0 Å². The Bertz CT molecular complexity index is 1090. The number of benzene rings is 1. The molecule has 0 saturated carbocycles. The molecule has 150 valence electrons. The first kappa shape index (κ1) is 20.2. The molecule has 11 heteroatoms. The monoisotopic (exact) mass is 415 g/mol. The molecule has 3 aromatic rings. The Labute approximate surface area is 166 Å². The Morgan fingerprint density at radius 2 is 1.79 bits per heavy atom. The number of rotatable bonds is 9. The molecule has 0 bridgehead atoms. The second kappa shape index (κ2) is 8.63. The Morgan fingerprint density at radius 1 is 1.10 bits per heavy atom. The predicted octanol–water partition coefficient (Wildman–Crippen LogP) is 2.34. The number of hydrogen-bond donors (Lipinski definition) is 1. The minimum atomic E-state index is -3.75. The minimum absolute atomic E-state index is 0.0446. The molecule has 0 saturated heterocycles. The van der Waals surface area contributed by atoms with E-state index in [1.54, 1.807) is 0 Å². The van der Waals surface area contributed by atoms with E-state index in [-0.39, 0.29) is 41.2 Å². The number of aromatic nitrogens is 3. The van der Waals surface area contributed by atoms with Gasteiger partial charge in [0.15, 0.2) is 0 Å². The molecule has 3 rings (SSSR count). The van der Waals surface area contributed by atoms with Crippen LogP contribution in [0.1, 0.15) is 10.4 Å². The quantitative estimate of drug-likeness (QED) is 0.527. The van der Waals surface area contributed by atoms with Crippen LogP contribution in [0.2, 0.25) is 0 Å². The molecule has 0 spiro atoms. The summed E-state index contributed by atoms with van der Waals surface area (Å²) in [6.45, 7) is 7.41. The first-order valence-corrected chi connectivity index (χ1v) is 9.77. The zero-order valence-corrected chi connectivity index (χ0v) is 16.0. The molecule has 2 heterocycles. The van der Waals surface area contributed by atoms with Crippen molar-refractivity contribution in [2.45, 2.75) is 4.90 Å². The van der Waals surface area contributed by atoms with E-state index in [1.807, 2.05) is 0 Å². The highest BCUT2D eigenvalue weighted by molar-refractivity contribution is 7.89. The fourth-order valence-electron chi connectivity index (χ4n) is 2.35. The Kier molecular flexibility index (Phi) is 6.00. The van der Waals surface area contributed by atoms with Crippen LogP contribution in [0.4, 0.5) is 6.01 Å². The van der Waals surface area contributed by atoms with E-state index in [1.165, 1.54) is 53.0 Å². The minimum Gasteiger partial charge on any atom is -0.400 e. The van der Waals surface area contributed by atoms with Gasteiger partial charge >= 0.3 is 6.01 Å². The summed E-state index contributed by atoms with van der Waals surface area (Å²) in [5.41, 5.74) is 0.211. The highest BCUT2D eigenvalue weighted by Crippen LogP contribution is 2.20. The maximum Gasteiger partial charge on any atom is 0.322 e. The van der Waals surface area contributed by atoms with Crippen molar-refractivity contribution in [2.75, 3.05) is 18.4 Å². The van der Waals surface area contributed by atoms with Gasteiger partial charge < -0.3 is 8.94 Å². The molecule has 0 radical (unpaired) electrons. The van der Waals surface area contributed by atoms with E-state index >= 15 is 0 Å². The van der Waals surface area contributed by atoms with Gasteiger partial charge in [-0.15, -0.1) is 18.3 Å². The van der Waals surface area contributed by atoms with Crippen molar-refractivity contribution >= 4 is 21.9 Å². The number of amides is 1. The lowest BCUT2D eigenvalue weighted by Gasteiger charge is -2.19. The van der Waals surface area contributed by atoms with Crippen molar-refractivity contribution < 1.29 is 22.2 Å². The van der Waals surface area contributed by atoms with Gasteiger partial charge in [0, 0.05) is 24.7 Å². The van der Waals surface area contributed by atoms with Gasteiger partial charge in [0.05, 0.1) is 11.1 Å². The highest BCUT2D eigenvalue weighted by Gasteiger charge is 2.23. The van der Waals surface area contributed by atoms with E-state index in [4.69, 9.17) is 8.94 Å². The molecular formula is C18H17N5O5S. The molecule has 2 aromatic heterocycles. The standard InChI is InChI=1S/C18H17N5O5S/c1-3-11-23(12-4-2)29(25,26)14-7-5-13(6-8-14)16(24)20-18-22-21-17(27-18)15-9-10-19-28-15/h3-10H,1-2,11-12H2,(H,20,22,24). The normalized spacial score (nSPS) is 11.3. The van der Waals surface area contributed by atoms with Crippen LogP contribution in [0.5, 0.6) is 0 Å². The third-order valence-electron chi connectivity index (χ3n) is 3.71. The Balaban J connectivity index is 1.73. The first-order chi connectivity index (χ1) is 14.0. The van der Waals surface area contributed by atoms with Crippen LogP contribution in [-0.2, 0) is 10.0 Å². The average molecular weight is 415 g/mol. The van der Waals surface area contributed by atoms with E-state index in [0.29, 0.717) is 0 Å². The zero-order chi connectivity index (χ0) is 20.9. The summed E-state index contributed by atoms with van der Waals surface area (Å²) in [6, 6.07) is 6.85. The molecule has 1 aromatic carbocycles. The molecule has 0 aliphatic carbocycles. The largest absolute Gasteiger partial charge is 0.400 e. The molecule has 0 aliphatic heterocycles. The maximum atomic E-state index is 12.7. The van der Waals surface area contributed by atoms with Crippen molar-refractivity contribution in [3.63, 3.8) is 0 Å². The van der Waals surface area contributed by atoms with Gasteiger partial charge in [-0.05, 0) is 24.3 Å². The van der Waals surface area contributed by atoms with Gasteiger partial charge in [0.25, 0.3) is 11.8 Å². The molecule has 1 N–H and O–H groups in total. The fraction of sp³-hybridized carbons (Fsp3) is 0.111. The maximum absolute atomic E-state index is 12.7. The van der Waals surface area contributed by atoms with E-state index in [2.05, 4.69) is 33.8 Å². The summed E-state index contributed by atoms with van der Waals surface area (Å²) < 4.78 is 36.7. The lowest BCUT2D eigenvalue weighted by Crippen LogP contribution is -2.31. The van der Waals surface area contributed by atoms with Crippen molar-refractivity contribution in [3.05, 3.63) is 67.4 Å². The van der Waals surface area contributed by atoms with E-state index in [0.717, 1.165) is 0 Å². The molecule has 0 atom stereocenters. The number of hydrogen-bond acceptors (Lipinski definition) is 8. The molecule has 0 unspecified atom stereocenters. The van der Waals surface area contributed by atoms with E-state index in [9.17, 15) is 13.2 Å². The number of anilines is 1. The van der Waals surface area contributed by atoms with Crippen LogP contribution in [0.15, 0.2) is 75.7 Å². The van der Waals surface area contributed by atoms with Gasteiger partial charge in [0.2, 0.25) is 15.8 Å².